The lowest BCUT2D eigenvalue weighted by molar-refractivity contribution is -0.153. The van der Waals surface area contributed by atoms with E-state index in [4.69, 9.17) is 0 Å². The largest absolute Gasteiger partial charge is 0.480 e. The molecule has 2 N–H and O–H groups in total. The lowest BCUT2D eigenvalue weighted by atomic mass is 9.83. The number of para-hydroxylation sites is 1. The molecule has 2 atom stereocenters. The van der Waals surface area contributed by atoms with Crippen LogP contribution in [-0.2, 0) is 21.5 Å². The first-order valence-corrected chi connectivity index (χ1v) is 7.17. The Bertz CT molecular complexity index is 779. The zero-order valence-corrected chi connectivity index (χ0v) is 11.7. The van der Waals surface area contributed by atoms with Crippen LogP contribution in [0.2, 0.25) is 0 Å². The van der Waals surface area contributed by atoms with Crippen LogP contribution in [0.3, 0.4) is 0 Å². The van der Waals surface area contributed by atoms with Crippen molar-refractivity contribution in [2.75, 3.05) is 0 Å². The van der Waals surface area contributed by atoms with E-state index in [1.165, 1.54) is 0 Å². The van der Waals surface area contributed by atoms with Gasteiger partial charge >= 0.3 is 5.97 Å². The zero-order valence-electron chi connectivity index (χ0n) is 11.7. The second-order valence-electron chi connectivity index (χ2n) is 6.12. The van der Waals surface area contributed by atoms with Gasteiger partial charge in [0.05, 0.1) is 5.54 Å². The van der Waals surface area contributed by atoms with Crippen molar-refractivity contribution in [2.24, 2.45) is 0 Å². The van der Waals surface area contributed by atoms with E-state index >= 15 is 0 Å². The molecule has 3 heterocycles. The monoisotopic (exact) mass is 284 g/mol. The van der Waals surface area contributed by atoms with Gasteiger partial charge < -0.3 is 15.0 Å². The van der Waals surface area contributed by atoms with Crippen molar-refractivity contribution in [2.45, 2.75) is 37.8 Å². The highest BCUT2D eigenvalue weighted by Gasteiger charge is 2.53. The van der Waals surface area contributed by atoms with Crippen LogP contribution in [0.1, 0.15) is 31.0 Å². The van der Waals surface area contributed by atoms with Crippen molar-refractivity contribution in [1.82, 2.24) is 9.88 Å². The molecule has 1 saturated heterocycles. The molecule has 108 valence electrons. The predicted octanol–water partition coefficient (Wildman–Crippen LogP) is 2.01. The number of carboxylic acids is 1. The normalized spacial score (nSPS) is 27.8. The average molecular weight is 284 g/mol. The van der Waals surface area contributed by atoms with Crippen LogP contribution in [0.15, 0.2) is 24.3 Å². The fourth-order valence-electron chi connectivity index (χ4n) is 3.98. The summed E-state index contributed by atoms with van der Waals surface area (Å²) in [5.74, 6) is -0.985. The number of carbonyl (C=O) groups excluding carboxylic acids is 1. The van der Waals surface area contributed by atoms with Crippen LogP contribution < -0.4 is 0 Å². The van der Waals surface area contributed by atoms with E-state index in [2.05, 4.69) is 4.98 Å². The minimum atomic E-state index is -0.924. The van der Waals surface area contributed by atoms with Crippen LogP contribution in [0.25, 0.3) is 10.9 Å². The lowest BCUT2D eigenvalue weighted by Gasteiger charge is -2.43. The highest BCUT2D eigenvalue weighted by molar-refractivity contribution is 5.91. The van der Waals surface area contributed by atoms with Gasteiger partial charge in [0.25, 0.3) is 0 Å². The number of amides is 1. The Morgan fingerprint density at radius 1 is 1.43 bits per heavy atom. The molecule has 1 amide bonds. The SMILES string of the molecule is C[C@]12CCC(=O)N1[C@@H](C(=O)O)Cc1c2[nH]c2ccccc12. The lowest BCUT2D eigenvalue weighted by Crippen LogP contribution is -2.55. The molecule has 1 fully saturated rings. The van der Waals surface area contributed by atoms with Gasteiger partial charge in [-0.1, -0.05) is 18.2 Å². The maximum absolute atomic E-state index is 12.2. The number of H-pyrrole nitrogens is 1. The summed E-state index contributed by atoms with van der Waals surface area (Å²) in [6.07, 6.45) is 1.44. The first-order chi connectivity index (χ1) is 10.0. The quantitative estimate of drug-likeness (QED) is 0.841. The van der Waals surface area contributed by atoms with Crippen molar-refractivity contribution in [3.63, 3.8) is 0 Å². The van der Waals surface area contributed by atoms with E-state index in [-0.39, 0.29) is 5.91 Å². The van der Waals surface area contributed by atoms with Gasteiger partial charge in [-0.15, -0.1) is 0 Å². The number of benzene rings is 1. The minimum absolute atomic E-state index is 0.0609. The van der Waals surface area contributed by atoms with Crippen molar-refractivity contribution in [3.05, 3.63) is 35.5 Å². The predicted molar refractivity (Wildman–Crippen MR) is 76.9 cm³/mol. The Labute approximate surface area is 121 Å². The molecule has 0 unspecified atom stereocenters. The van der Waals surface area contributed by atoms with E-state index in [1.54, 1.807) is 4.90 Å². The van der Waals surface area contributed by atoms with Crippen LogP contribution in [0, 0.1) is 0 Å². The third-order valence-electron chi connectivity index (χ3n) is 4.97. The number of nitrogens with one attached hydrogen (secondary N) is 1. The number of aromatic nitrogens is 1. The van der Waals surface area contributed by atoms with Crippen molar-refractivity contribution < 1.29 is 14.7 Å². The summed E-state index contributed by atoms with van der Waals surface area (Å²) in [7, 11) is 0. The van der Waals surface area contributed by atoms with Gasteiger partial charge in [0.1, 0.15) is 6.04 Å². The van der Waals surface area contributed by atoms with Crippen molar-refractivity contribution in [3.8, 4) is 0 Å². The Balaban J connectivity index is 2.01. The molecule has 5 nitrogen and oxygen atoms in total. The molecule has 21 heavy (non-hydrogen) atoms. The number of carboxylic acid groups (broad SMARTS) is 1. The van der Waals surface area contributed by atoms with Gasteiger partial charge in [0.2, 0.25) is 5.91 Å². The number of fused-ring (bicyclic) bond motifs is 5. The molecule has 0 spiro atoms. The highest BCUT2D eigenvalue weighted by Crippen LogP contribution is 2.47. The number of aromatic amines is 1. The molecule has 4 rings (SSSR count). The fourth-order valence-corrected chi connectivity index (χ4v) is 3.98. The highest BCUT2D eigenvalue weighted by atomic mass is 16.4. The molecular formula is C16H16N2O3. The second-order valence-corrected chi connectivity index (χ2v) is 6.12. The maximum atomic E-state index is 12.2. The Morgan fingerprint density at radius 2 is 2.19 bits per heavy atom. The first-order valence-electron chi connectivity index (χ1n) is 7.17. The van der Waals surface area contributed by atoms with E-state index in [0.29, 0.717) is 19.3 Å². The molecule has 0 saturated carbocycles. The van der Waals surface area contributed by atoms with Crippen LogP contribution >= 0.6 is 0 Å². The van der Waals surface area contributed by atoms with Crippen LogP contribution in [0.4, 0.5) is 0 Å². The number of hydrogen-bond donors (Lipinski definition) is 2. The van der Waals surface area contributed by atoms with Crippen LogP contribution in [-0.4, -0.2) is 32.9 Å². The minimum Gasteiger partial charge on any atom is -0.480 e. The van der Waals surface area contributed by atoms with Gasteiger partial charge in [-0.3, -0.25) is 4.79 Å². The number of carbonyl (C=O) groups is 2. The summed E-state index contributed by atoms with van der Waals surface area (Å²) in [5.41, 5.74) is 2.53. The third-order valence-corrected chi connectivity index (χ3v) is 4.97. The van der Waals surface area contributed by atoms with Crippen molar-refractivity contribution in [1.29, 1.82) is 0 Å². The van der Waals surface area contributed by atoms with Crippen molar-refractivity contribution >= 4 is 22.8 Å². The molecule has 2 aromatic rings. The maximum Gasteiger partial charge on any atom is 0.326 e. The number of rotatable bonds is 1. The summed E-state index contributed by atoms with van der Waals surface area (Å²) >= 11 is 0. The average Bonchev–Trinajstić information content (AvgIpc) is 2.98. The molecule has 1 aromatic heterocycles. The Kier molecular flexibility index (Phi) is 2.29. The second kappa shape index (κ2) is 3.87. The summed E-state index contributed by atoms with van der Waals surface area (Å²) < 4.78 is 0. The summed E-state index contributed by atoms with van der Waals surface area (Å²) in [6, 6.07) is 7.16. The summed E-state index contributed by atoms with van der Waals surface area (Å²) in [4.78, 5) is 28.8. The van der Waals surface area contributed by atoms with E-state index in [9.17, 15) is 14.7 Å². The Morgan fingerprint density at radius 3 is 2.95 bits per heavy atom. The molecular weight excluding hydrogens is 268 g/mol. The summed E-state index contributed by atoms with van der Waals surface area (Å²) in [5, 5.41) is 10.6. The smallest absolute Gasteiger partial charge is 0.326 e. The van der Waals surface area contributed by atoms with Gasteiger partial charge in [-0.25, -0.2) is 4.79 Å². The Hall–Kier alpha value is -2.30. The zero-order chi connectivity index (χ0) is 14.8. The molecule has 2 aliphatic heterocycles. The standard InChI is InChI=1S/C16H16N2O3/c1-16-7-6-13(19)18(16)12(15(20)21)8-10-9-4-2-3-5-11(9)17-14(10)16/h2-5,12,17H,6-8H2,1H3,(H,20,21)/t12-,16-/m1/s1. The van der Waals surface area contributed by atoms with Gasteiger partial charge in [0, 0.05) is 29.4 Å². The molecule has 0 aliphatic carbocycles. The van der Waals surface area contributed by atoms with E-state index < -0.39 is 17.6 Å². The molecule has 0 bridgehead atoms. The van der Waals surface area contributed by atoms with E-state index in [0.717, 1.165) is 22.2 Å². The van der Waals surface area contributed by atoms with Crippen LogP contribution in [0.5, 0.6) is 0 Å². The molecule has 5 heteroatoms. The van der Waals surface area contributed by atoms with Gasteiger partial charge in [-0.05, 0) is 25.0 Å². The molecule has 2 aliphatic rings. The third kappa shape index (κ3) is 1.46. The van der Waals surface area contributed by atoms with E-state index in [1.807, 2.05) is 31.2 Å². The first kappa shape index (κ1) is 12.4. The summed E-state index contributed by atoms with van der Waals surface area (Å²) in [6.45, 7) is 1.97. The topological polar surface area (TPSA) is 73.4 Å². The van der Waals surface area contributed by atoms with Gasteiger partial charge in [-0.2, -0.15) is 0 Å². The number of aliphatic carboxylic acids is 1. The van der Waals surface area contributed by atoms with Gasteiger partial charge in [0.15, 0.2) is 0 Å². The fraction of sp³-hybridized carbons (Fsp3) is 0.375. The molecule has 1 aromatic carbocycles. The number of hydrogen-bond acceptors (Lipinski definition) is 2. The number of nitrogens with zero attached hydrogens (tertiary/aromatic N) is 1. The molecule has 0 radical (unpaired) electrons.